The van der Waals surface area contributed by atoms with Gasteiger partial charge in [0, 0.05) is 18.8 Å². The average molecular weight is 254 g/mol. The Balaban J connectivity index is 2.11. The molecule has 1 fully saturated rings. The van der Waals surface area contributed by atoms with E-state index in [1.165, 1.54) is 12.6 Å². The number of aromatic nitrogens is 1. The van der Waals surface area contributed by atoms with Gasteiger partial charge in [-0.25, -0.2) is 4.98 Å². The van der Waals surface area contributed by atoms with E-state index in [1.54, 1.807) is 13.1 Å². The van der Waals surface area contributed by atoms with E-state index in [9.17, 15) is 4.79 Å². The van der Waals surface area contributed by atoms with E-state index in [1.807, 2.05) is 0 Å². The van der Waals surface area contributed by atoms with Gasteiger partial charge in [0.05, 0.1) is 10.6 Å². The average Bonchev–Trinajstić information content (AvgIpc) is 2.26. The highest BCUT2D eigenvalue weighted by Gasteiger charge is 2.33. The molecule has 0 aliphatic heterocycles. The molecule has 0 spiro atoms. The molecule has 0 bridgehead atoms. The second-order valence-electron chi connectivity index (χ2n) is 4.67. The number of hydrogen-bond donors (Lipinski definition) is 2. The predicted octanol–water partition coefficient (Wildman–Crippen LogP) is 2.45. The van der Waals surface area contributed by atoms with Crippen LogP contribution >= 0.6 is 11.6 Å². The summed E-state index contributed by atoms with van der Waals surface area (Å²) in [5, 5.41) is 6.33. The van der Waals surface area contributed by atoms with E-state index in [4.69, 9.17) is 11.6 Å². The van der Waals surface area contributed by atoms with Gasteiger partial charge in [0.15, 0.2) is 0 Å². The molecule has 1 aromatic rings. The van der Waals surface area contributed by atoms with Crippen LogP contribution in [0.25, 0.3) is 0 Å². The zero-order chi connectivity index (χ0) is 12.5. The molecule has 0 saturated heterocycles. The van der Waals surface area contributed by atoms with Crippen molar-refractivity contribution in [2.45, 2.75) is 31.7 Å². The number of hydrogen-bond acceptors (Lipinski definition) is 3. The second-order valence-corrected chi connectivity index (χ2v) is 5.08. The van der Waals surface area contributed by atoms with Crippen molar-refractivity contribution >= 4 is 23.3 Å². The maximum Gasteiger partial charge on any atom is 0.253 e. The van der Waals surface area contributed by atoms with Crippen LogP contribution in [-0.2, 0) is 0 Å². The van der Waals surface area contributed by atoms with E-state index in [2.05, 4.69) is 22.5 Å². The number of carbonyl (C=O) groups excluding carboxylic acids is 1. The molecule has 1 aromatic heterocycles. The molecule has 2 N–H and O–H groups in total. The summed E-state index contributed by atoms with van der Waals surface area (Å²) in [6.07, 6.45) is 4.78. The fraction of sp³-hybridized carbons (Fsp3) is 0.500. The molecular weight excluding hydrogens is 238 g/mol. The summed E-state index contributed by atoms with van der Waals surface area (Å²) in [6, 6.07) is 1.64. The first-order chi connectivity index (χ1) is 8.04. The van der Waals surface area contributed by atoms with E-state index >= 15 is 0 Å². The largest absolute Gasteiger partial charge is 0.372 e. The van der Waals surface area contributed by atoms with Crippen LogP contribution < -0.4 is 10.6 Å². The summed E-state index contributed by atoms with van der Waals surface area (Å²) < 4.78 is 0. The van der Waals surface area contributed by atoms with Gasteiger partial charge >= 0.3 is 0 Å². The minimum absolute atomic E-state index is 0.0504. The molecule has 0 radical (unpaired) electrons. The standard InChI is InChI=1S/C12H16ClN3O/c1-12(4-3-5-12)16-11(17)8-6-9(13)10(14-2)15-7-8/h6-7H,3-5H2,1-2H3,(H,14,15)(H,16,17). The van der Waals surface area contributed by atoms with Crippen LogP contribution in [0.15, 0.2) is 12.3 Å². The lowest BCUT2D eigenvalue weighted by Crippen LogP contribution is -2.50. The van der Waals surface area contributed by atoms with Gasteiger partial charge in [-0.3, -0.25) is 4.79 Å². The van der Waals surface area contributed by atoms with Gasteiger partial charge in [-0.2, -0.15) is 0 Å². The summed E-state index contributed by atoms with van der Waals surface area (Å²) in [7, 11) is 1.74. The first-order valence-corrected chi connectivity index (χ1v) is 6.08. The predicted molar refractivity (Wildman–Crippen MR) is 68.5 cm³/mol. The smallest absolute Gasteiger partial charge is 0.253 e. The molecule has 0 aromatic carbocycles. The summed E-state index contributed by atoms with van der Waals surface area (Å²) in [4.78, 5) is 16.1. The van der Waals surface area contributed by atoms with Crippen LogP contribution in [0.1, 0.15) is 36.5 Å². The highest BCUT2D eigenvalue weighted by molar-refractivity contribution is 6.33. The van der Waals surface area contributed by atoms with Crippen LogP contribution in [0.5, 0.6) is 0 Å². The summed E-state index contributed by atoms with van der Waals surface area (Å²) in [5.74, 6) is 0.474. The van der Waals surface area contributed by atoms with E-state index < -0.39 is 0 Å². The van der Waals surface area contributed by atoms with E-state index in [-0.39, 0.29) is 11.4 Å². The Morgan fingerprint density at radius 3 is 2.71 bits per heavy atom. The van der Waals surface area contributed by atoms with Crippen molar-refractivity contribution in [2.75, 3.05) is 12.4 Å². The highest BCUT2D eigenvalue weighted by atomic mass is 35.5. The Morgan fingerprint density at radius 2 is 2.24 bits per heavy atom. The third-order valence-corrected chi connectivity index (χ3v) is 3.50. The Labute approximate surface area is 106 Å². The Morgan fingerprint density at radius 1 is 1.53 bits per heavy atom. The van der Waals surface area contributed by atoms with Gasteiger partial charge < -0.3 is 10.6 Å². The quantitative estimate of drug-likeness (QED) is 0.870. The normalized spacial score (nSPS) is 17.1. The first kappa shape index (κ1) is 12.2. The molecule has 1 aliphatic carbocycles. The maximum absolute atomic E-state index is 12.0. The van der Waals surface area contributed by atoms with Gasteiger partial charge in [-0.1, -0.05) is 11.6 Å². The topological polar surface area (TPSA) is 54.0 Å². The minimum atomic E-state index is -0.107. The molecule has 1 heterocycles. The molecule has 1 aliphatic rings. The number of anilines is 1. The van der Waals surface area contributed by atoms with Gasteiger partial charge in [0.1, 0.15) is 5.82 Å². The van der Waals surface area contributed by atoms with E-state index in [0.29, 0.717) is 16.4 Å². The number of halogens is 1. The number of amides is 1. The van der Waals surface area contributed by atoms with Crippen molar-refractivity contribution in [2.24, 2.45) is 0 Å². The van der Waals surface area contributed by atoms with Crippen LogP contribution in [0, 0.1) is 0 Å². The van der Waals surface area contributed by atoms with Crippen LogP contribution in [-0.4, -0.2) is 23.5 Å². The van der Waals surface area contributed by atoms with Gasteiger partial charge in [0.25, 0.3) is 5.91 Å². The Hall–Kier alpha value is -1.29. The molecule has 0 atom stereocenters. The third-order valence-electron chi connectivity index (χ3n) is 3.21. The maximum atomic E-state index is 12.0. The molecule has 1 amide bonds. The SMILES string of the molecule is CNc1ncc(C(=O)NC2(C)CCC2)cc1Cl. The van der Waals surface area contributed by atoms with Crippen LogP contribution in [0.2, 0.25) is 5.02 Å². The number of pyridine rings is 1. The molecule has 4 nitrogen and oxygen atoms in total. The van der Waals surface area contributed by atoms with Crippen molar-refractivity contribution in [1.82, 2.24) is 10.3 Å². The lowest BCUT2D eigenvalue weighted by atomic mass is 9.78. The lowest BCUT2D eigenvalue weighted by Gasteiger charge is -2.39. The Bertz CT molecular complexity index is 443. The fourth-order valence-electron chi connectivity index (χ4n) is 1.92. The number of nitrogens with zero attached hydrogens (tertiary/aromatic N) is 1. The second kappa shape index (κ2) is 4.53. The molecule has 2 rings (SSSR count). The Kier molecular flexibility index (Phi) is 3.24. The number of nitrogens with one attached hydrogen (secondary N) is 2. The summed E-state index contributed by atoms with van der Waals surface area (Å²) in [5.41, 5.74) is 0.452. The van der Waals surface area contributed by atoms with Crippen molar-refractivity contribution in [3.05, 3.63) is 22.8 Å². The molecular formula is C12H16ClN3O. The monoisotopic (exact) mass is 253 g/mol. The zero-order valence-corrected chi connectivity index (χ0v) is 10.8. The van der Waals surface area contributed by atoms with E-state index in [0.717, 1.165) is 12.8 Å². The summed E-state index contributed by atoms with van der Waals surface area (Å²) >= 11 is 5.99. The lowest BCUT2D eigenvalue weighted by molar-refractivity contribution is 0.0850. The fourth-order valence-corrected chi connectivity index (χ4v) is 2.19. The molecule has 92 valence electrons. The summed E-state index contributed by atoms with van der Waals surface area (Å²) in [6.45, 7) is 2.06. The van der Waals surface area contributed by atoms with Gasteiger partial charge in [-0.15, -0.1) is 0 Å². The van der Waals surface area contributed by atoms with Crippen LogP contribution in [0.3, 0.4) is 0 Å². The molecule has 1 saturated carbocycles. The zero-order valence-electron chi connectivity index (χ0n) is 10.0. The minimum Gasteiger partial charge on any atom is -0.372 e. The first-order valence-electron chi connectivity index (χ1n) is 5.70. The highest BCUT2D eigenvalue weighted by Crippen LogP contribution is 2.31. The van der Waals surface area contributed by atoms with Crippen molar-refractivity contribution in [1.29, 1.82) is 0 Å². The number of rotatable bonds is 3. The molecule has 0 unspecified atom stereocenters. The van der Waals surface area contributed by atoms with Crippen molar-refractivity contribution in [3.63, 3.8) is 0 Å². The van der Waals surface area contributed by atoms with Crippen molar-refractivity contribution < 1.29 is 4.79 Å². The van der Waals surface area contributed by atoms with Gasteiger partial charge in [-0.05, 0) is 32.3 Å². The molecule has 17 heavy (non-hydrogen) atoms. The third kappa shape index (κ3) is 2.52. The van der Waals surface area contributed by atoms with Crippen molar-refractivity contribution in [3.8, 4) is 0 Å². The number of carbonyl (C=O) groups is 1. The van der Waals surface area contributed by atoms with Gasteiger partial charge in [0.2, 0.25) is 0 Å². The molecule has 5 heteroatoms. The van der Waals surface area contributed by atoms with Crippen LogP contribution in [0.4, 0.5) is 5.82 Å².